The molecule has 40 heavy (non-hydrogen) atoms. The van der Waals surface area contributed by atoms with E-state index in [1.807, 2.05) is 24.3 Å². The average Bonchev–Trinajstić information content (AvgIpc) is 3.30. The van der Waals surface area contributed by atoms with Crippen molar-refractivity contribution in [2.75, 3.05) is 19.8 Å². The van der Waals surface area contributed by atoms with Crippen LogP contribution >= 0.6 is 0 Å². The Kier molecular flexibility index (Phi) is 7.71. The number of aromatic nitrogens is 3. The largest absolute Gasteiger partial charge is 0.473 e. The SMILES string of the molecule is N#Cc1ccc(COc2cccc(C3OCC(Cc4nc5ccc(CO)cc5n4C[C@@H]4CCO4)CO3)n2)c(F)c1. The van der Waals surface area contributed by atoms with Gasteiger partial charge in [-0.3, -0.25) is 0 Å². The minimum absolute atomic E-state index is 0.0187. The predicted molar refractivity (Wildman–Crippen MR) is 142 cm³/mol. The lowest BCUT2D eigenvalue weighted by atomic mass is 10.1. The van der Waals surface area contributed by atoms with Gasteiger partial charge in [0.1, 0.15) is 23.9 Å². The molecule has 0 unspecified atom stereocenters. The molecule has 2 aromatic carbocycles. The number of imidazole rings is 1. The van der Waals surface area contributed by atoms with Gasteiger partial charge in [-0.05, 0) is 42.3 Å². The Bertz CT molecular complexity index is 1540. The second-order valence-electron chi connectivity index (χ2n) is 10.1. The summed E-state index contributed by atoms with van der Waals surface area (Å²) in [7, 11) is 0. The van der Waals surface area contributed by atoms with Gasteiger partial charge in [0.25, 0.3) is 0 Å². The van der Waals surface area contributed by atoms with Crippen molar-refractivity contribution in [1.29, 1.82) is 5.26 Å². The van der Waals surface area contributed by atoms with Crippen LogP contribution in [0.3, 0.4) is 0 Å². The maximum absolute atomic E-state index is 14.2. The zero-order valence-electron chi connectivity index (χ0n) is 21.8. The summed E-state index contributed by atoms with van der Waals surface area (Å²) in [5.74, 6) is 0.873. The highest BCUT2D eigenvalue weighted by Crippen LogP contribution is 2.29. The first-order valence-corrected chi connectivity index (χ1v) is 13.3. The van der Waals surface area contributed by atoms with Gasteiger partial charge >= 0.3 is 0 Å². The van der Waals surface area contributed by atoms with Gasteiger partial charge in [0, 0.05) is 30.6 Å². The summed E-state index contributed by atoms with van der Waals surface area (Å²) in [6.45, 7) is 2.41. The predicted octanol–water partition coefficient (Wildman–Crippen LogP) is 4.21. The number of aliphatic hydroxyl groups is 1. The van der Waals surface area contributed by atoms with Crippen LogP contribution in [-0.4, -0.2) is 45.6 Å². The van der Waals surface area contributed by atoms with Crippen LogP contribution in [0.5, 0.6) is 5.88 Å². The van der Waals surface area contributed by atoms with Crippen LogP contribution in [0.2, 0.25) is 0 Å². The van der Waals surface area contributed by atoms with Gasteiger partial charge in [-0.1, -0.05) is 18.2 Å². The van der Waals surface area contributed by atoms with Crippen molar-refractivity contribution in [1.82, 2.24) is 14.5 Å². The molecule has 206 valence electrons. The molecule has 2 fully saturated rings. The van der Waals surface area contributed by atoms with Crippen molar-refractivity contribution in [3.05, 3.63) is 88.6 Å². The van der Waals surface area contributed by atoms with Crippen LogP contribution < -0.4 is 4.74 Å². The first-order chi connectivity index (χ1) is 19.6. The fraction of sp³-hybridized carbons (Fsp3) is 0.367. The molecule has 4 heterocycles. The molecule has 0 saturated carbocycles. The van der Waals surface area contributed by atoms with Crippen LogP contribution in [0.4, 0.5) is 4.39 Å². The van der Waals surface area contributed by atoms with E-state index in [0.29, 0.717) is 36.8 Å². The second-order valence-corrected chi connectivity index (χ2v) is 10.1. The third-order valence-electron chi connectivity index (χ3n) is 7.24. The maximum atomic E-state index is 14.2. The average molecular weight is 545 g/mol. The minimum Gasteiger partial charge on any atom is -0.473 e. The number of rotatable bonds is 9. The molecule has 2 aliphatic rings. The maximum Gasteiger partial charge on any atom is 0.213 e. The summed E-state index contributed by atoms with van der Waals surface area (Å²) < 4.78 is 39.9. The zero-order chi connectivity index (χ0) is 27.5. The summed E-state index contributed by atoms with van der Waals surface area (Å²) in [5, 5.41) is 18.5. The molecule has 0 aliphatic carbocycles. The van der Waals surface area contributed by atoms with Crippen molar-refractivity contribution in [3.63, 3.8) is 0 Å². The molecular formula is C30H29FN4O5. The first kappa shape index (κ1) is 26.3. The number of nitrogens with zero attached hydrogens (tertiary/aromatic N) is 4. The number of aliphatic hydroxyl groups excluding tert-OH is 1. The van der Waals surface area contributed by atoms with E-state index in [1.165, 1.54) is 12.1 Å². The van der Waals surface area contributed by atoms with Crippen LogP contribution in [0.1, 0.15) is 40.9 Å². The van der Waals surface area contributed by atoms with Gasteiger partial charge in [0.05, 0.1) is 55.1 Å². The number of pyridine rings is 1. The highest BCUT2D eigenvalue weighted by Gasteiger charge is 2.28. The number of fused-ring (bicyclic) bond motifs is 1. The van der Waals surface area contributed by atoms with E-state index >= 15 is 0 Å². The summed E-state index contributed by atoms with van der Waals surface area (Å²) in [5.41, 5.74) is 3.90. The molecular weight excluding hydrogens is 515 g/mol. The lowest BCUT2D eigenvalue weighted by Crippen LogP contribution is -2.33. The van der Waals surface area contributed by atoms with Crippen LogP contribution in [0.25, 0.3) is 11.0 Å². The van der Waals surface area contributed by atoms with E-state index in [2.05, 4.69) is 9.55 Å². The fourth-order valence-corrected chi connectivity index (χ4v) is 4.93. The molecule has 0 amide bonds. The highest BCUT2D eigenvalue weighted by molar-refractivity contribution is 5.77. The van der Waals surface area contributed by atoms with Gasteiger partial charge in [-0.2, -0.15) is 5.26 Å². The molecule has 4 aromatic rings. The van der Waals surface area contributed by atoms with Gasteiger partial charge in [0.2, 0.25) is 12.2 Å². The molecule has 10 heteroatoms. The summed E-state index contributed by atoms with van der Waals surface area (Å²) in [6, 6.07) is 17.3. The highest BCUT2D eigenvalue weighted by atomic mass is 19.1. The third-order valence-corrected chi connectivity index (χ3v) is 7.24. The summed E-state index contributed by atoms with van der Waals surface area (Å²) in [4.78, 5) is 9.38. The van der Waals surface area contributed by atoms with E-state index in [1.54, 1.807) is 24.3 Å². The Hall–Kier alpha value is -3.88. The van der Waals surface area contributed by atoms with Crippen molar-refractivity contribution in [2.45, 2.75) is 45.0 Å². The molecule has 6 rings (SSSR count). The van der Waals surface area contributed by atoms with Gasteiger partial charge in [-0.15, -0.1) is 0 Å². The van der Waals surface area contributed by atoms with Crippen LogP contribution in [0, 0.1) is 23.1 Å². The summed E-state index contributed by atoms with van der Waals surface area (Å²) >= 11 is 0. The lowest BCUT2D eigenvalue weighted by Gasteiger charge is -2.30. The van der Waals surface area contributed by atoms with E-state index in [-0.39, 0.29) is 30.8 Å². The first-order valence-electron chi connectivity index (χ1n) is 13.3. The second kappa shape index (κ2) is 11.7. The van der Waals surface area contributed by atoms with Crippen LogP contribution in [-0.2, 0) is 40.4 Å². The number of nitriles is 1. The normalized spacial score (nSPS) is 20.7. The standard InChI is InChI=1S/C30H29FN4O5/c31-24-10-19(13-32)4-6-22(24)18-38-29-3-1-2-26(34-29)30-39-16-21(17-40-30)12-28-33-25-7-5-20(15-36)11-27(25)35(28)14-23-8-9-37-23/h1-7,10-11,21,23,30,36H,8-9,12,14-18H2/t21?,23-,30?/m0/s1. The topological polar surface area (TPSA) is 112 Å². The molecule has 2 aliphatic heterocycles. The quantitative estimate of drug-likeness (QED) is 0.334. The Balaban J connectivity index is 1.09. The van der Waals surface area contributed by atoms with Gasteiger partial charge in [0.15, 0.2) is 0 Å². The Labute approximate surface area is 230 Å². The molecule has 0 radical (unpaired) electrons. The molecule has 2 saturated heterocycles. The minimum atomic E-state index is -0.638. The fourth-order valence-electron chi connectivity index (χ4n) is 4.93. The molecule has 1 atom stereocenters. The monoisotopic (exact) mass is 544 g/mol. The van der Waals surface area contributed by atoms with E-state index in [9.17, 15) is 9.50 Å². The molecule has 1 N–H and O–H groups in total. The van der Waals surface area contributed by atoms with Gasteiger partial charge in [-0.25, -0.2) is 14.4 Å². The lowest BCUT2D eigenvalue weighted by molar-refractivity contribution is -0.207. The van der Waals surface area contributed by atoms with Crippen LogP contribution in [0.15, 0.2) is 54.6 Å². The van der Waals surface area contributed by atoms with E-state index < -0.39 is 12.1 Å². The molecule has 0 bridgehead atoms. The van der Waals surface area contributed by atoms with Crippen molar-refractivity contribution in [3.8, 4) is 11.9 Å². The number of hydrogen-bond acceptors (Lipinski definition) is 8. The Morgan fingerprint density at radius 2 is 1.93 bits per heavy atom. The van der Waals surface area contributed by atoms with Crippen molar-refractivity contribution < 1.29 is 28.4 Å². The van der Waals surface area contributed by atoms with Crippen molar-refractivity contribution in [2.24, 2.45) is 5.92 Å². The Morgan fingerprint density at radius 3 is 2.65 bits per heavy atom. The van der Waals surface area contributed by atoms with Crippen molar-refractivity contribution >= 4 is 11.0 Å². The number of halogens is 1. The molecule has 2 aromatic heterocycles. The van der Waals surface area contributed by atoms with E-state index in [4.69, 9.17) is 29.2 Å². The Morgan fingerprint density at radius 1 is 1.07 bits per heavy atom. The number of benzene rings is 2. The number of ether oxygens (including phenoxy) is 4. The zero-order valence-corrected chi connectivity index (χ0v) is 21.8. The molecule has 0 spiro atoms. The van der Waals surface area contributed by atoms with E-state index in [0.717, 1.165) is 42.0 Å². The smallest absolute Gasteiger partial charge is 0.213 e. The summed E-state index contributed by atoms with van der Waals surface area (Å²) in [6.07, 6.45) is 1.23. The number of hydrogen-bond donors (Lipinski definition) is 1. The molecule has 9 nitrogen and oxygen atoms in total. The van der Waals surface area contributed by atoms with Gasteiger partial charge < -0.3 is 28.6 Å². The third kappa shape index (κ3) is 5.69.